The lowest BCUT2D eigenvalue weighted by Gasteiger charge is -2.34. The van der Waals surface area contributed by atoms with Crippen molar-refractivity contribution in [3.05, 3.63) is 125 Å². The number of para-hydroxylation sites is 3. The van der Waals surface area contributed by atoms with Crippen molar-refractivity contribution in [3.8, 4) is 11.5 Å². The molecular weight excluding hydrogens is 580 g/mol. The Morgan fingerprint density at radius 1 is 0.826 bits per heavy atom. The van der Waals surface area contributed by atoms with Crippen LogP contribution in [0.25, 0.3) is 0 Å². The van der Waals surface area contributed by atoms with Gasteiger partial charge in [-0.25, -0.2) is 4.79 Å². The highest BCUT2D eigenvalue weighted by Crippen LogP contribution is 2.30. The zero-order valence-electron chi connectivity index (χ0n) is 26.1. The van der Waals surface area contributed by atoms with E-state index >= 15 is 0 Å². The van der Waals surface area contributed by atoms with Crippen LogP contribution in [0.1, 0.15) is 38.3 Å². The van der Waals surface area contributed by atoms with E-state index in [4.69, 9.17) is 15.2 Å². The van der Waals surface area contributed by atoms with Crippen molar-refractivity contribution in [2.24, 2.45) is 0 Å². The molecule has 0 bridgehead atoms. The molecule has 46 heavy (non-hydrogen) atoms. The van der Waals surface area contributed by atoms with Crippen molar-refractivity contribution in [3.63, 3.8) is 0 Å². The number of carbonyl (C=O) groups is 2. The number of benzene rings is 4. The van der Waals surface area contributed by atoms with Gasteiger partial charge in [-0.15, -0.1) is 0 Å². The SMILES string of the molecule is CN1CCN(C(=C=O)CCOc2ccccc2N(C)C(=O)c2ccc(C(=O)c3ccccc3OCc3ccccc3)cc2N)CC1. The predicted octanol–water partition coefficient (Wildman–Crippen LogP) is 5.09. The minimum Gasteiger partial charge on any atom is -0.491 e. The molecule has 0 unspecified atom stereocenters. The fourth-order valence-electron chi connectivity index (χ4n) is 5.32. The molecule has 0 saturated carbocycles. The number of anilines is 2. The van der Waals surface area contributed by atoms with Gasteiger partial charge < -0.3 is 29.9 Å². The number of nitrogen functional groups attached to an aromatic ring is 1. The van der Waals surface area contributed by atoms with Gasteiger partial charge in [0.25, 0.3) is 5.91 Å². The lowest BCUT2D eigenvalue weighted by Crippen LogP contribution is -2.44. The first-order valence-electron chi connectivity index (χ1n) is 15.2. The standard InChI is InChI=1S/C37H38N4O5/c1-39-19-21-41(22-20-39)29(25-42)18-23-45-35-15-9-7-13-33(35)40(2)37(44)30-17-16-28(24-32(30)38)36(43)31-12-6-8-14-34(31)46-26-27-10-4-3-5-11-27/h3-17,24H,18-23,26,38H2,1-2H3. The largest absolute Gasteiger partial charge is 0.491 e. The number of hydrogen-bond donors (Lipinski definition) is 1. The highest BCUT2D eigenvalue weighted by molar-refractivity contribution is 6.14. The van der Waals surface area contributed by atoms with Gasteiger partial charge in [-0.2, -0.15) is 0 Å². The number of piperazine rings is 1. The van der Waals surface area contributed by atoms with E-state index < -0.39 is 0 Å². The van der Waals surface area contributed by atoms with Gasteiger partial charge in [-0.3, -0.25) is 9.59 Å². The van der Waals surface area contributed by atoms with Crippen LogP contribution in [0.15, 0.2) is 103 Å². The molecule has 1 fully saturated rings. The van der Waals surface area contributed by atoms with Gasteiger partial charge in [0.1, 0.15) is 29.7 Å². The normalized spacial score (nSPS) is 13.0. The summed E-state index contributed by atoms with van der Waals surface area (Å²) < 4.78 is 12.0. The maximum absolute atomic E-state index is 13.6. The van der Waals surface area contributed by atoms with Crippen LogP contribution in [-0.4, -0.2) is 74.3 Å². The molecule has 1 heterocycles. The Hall–Kier alpha value is -5.37. The molecule has 1 aliphatic heterocycles. The van der Waals surface area contributed by atoms with Crippen molar-refractivity contribution in [2.45, 2.75) is 13.0 Å². The molecule has 0 aromatic heterocycles. The van der Waals surface area contributed by atoms with E-state index in [9.17, 15) is 14.4 Å². The van der Waals surface area contributed by atoms with Gasteiger partial charge in [0.2, 0.25) is 0 Å². The molecular formula is C37H38N4O5. The van der Waals surface area contributed by atoms with Crippen LogP contribution in [-0.2, 0) is 11.4 Å². The van der Waals surface area contributed by atoms with Crippen LogP contribution in [0, 0.1) is 0 Å². The Morgan fingerprint density at radius 3 is 2.22 bits per heavy atom. The number of likely N-dealkylation sites (N-methyl/N-ethyl adjacent to an activating group) is 1. The number of nitrogens with two attached hydrogens (primary N) is 1. The Bertz CT molecular complexity index is 1730. The van der Waals surface area contributed by atoms with Gasteiger partial charge in [0.05, 0.1) is 23.4 Å². The molecule has 1 aliphatic rings. The predicted molar refractivity (Wildman–Crippen MR) is 179 cm³/mol. The van der Waals surface area contributed by atoms with E-state index in [1.807, 2.05) is 53.4 Å². The molecule has 4 aromatic carbocycles. The Morgan fingerprint density at radius 2 is 1.50 bits per heavy atom. The molecule has 2 N–H and O–H groups in total. The fraction of sp³-hybridized carbons (Fsp3) is 0.243. The monoisotopic (exact) mass is 618 g/mol. The summed E-state index contributed by atoms with van der Waals surface area (Å²) in [6, 6.07) is 28.7. The zero-order chi connectivity index (χ0) is 32.5. The van der Waals surface area contributed by atoms with E-state index in [0.717, 1.165) is 31.7 Å². The molecule has 1 saturated heterocycles. The van der Waals surface area contributed by atoms with Crippen molar-refractivity contribution in [1.82, 2.24) is 9.80 Å². The van der Waals surface area contributed by atoms with Crippen molar-refractivity contribution in [2.75, 3.05) is 57.5 Å². The Balaban J connectivity index is 1.26. The lowest BCUT2D eigenvalue weighted by molar-refractivity contribution is 0.0990. The van der Waals surface area contributed by atoms with E-state index in [1.165, 1.54) is 11.0 Å². The highest BCUT2D eigenvalue weighted by atomic mass is 16.5. The second-order valence-electron chi connectivity index (χ2n) is 11.2. The summed E-state index contributed by atoms with van der Waals surface area (Å²) in [5, 5.41) is 0. The Labute approximate surface area is 269 Å². The average molecular weight is 619 g/mol. The van der Waals surface area contributed by atoms with E-state index in [1.54, 1.807) is 49.5 Å². The van der Waals surface area contributed by atoms with Crippen LogP contribution >= 0.6 is 0 Å². The number of nitrogens with zero attached hydrogens (tertiary/aromatic N) is 3. The first-order valence-corrected chi connectivity index (χ1v) is 15.2. The molecule has 0 atom stereocenters. The van der Waals surface area contributed by atoms with Crippen LogP contribution < -0.4 is 20.1 Å². The summed E-state index contributed by atoms with van der Waals surface area (Å²) in [6.45, 7) is 3.90. The van der Waals surface area contributed by atoms with Crippen LogP contribution in [0.2, 0.25) is 0 Å². The number of ether oxygens (including phenoxy) is 2. The summed E-state index contributed by atoms with van der Waals surface area (Å²) in [5.74, 6) is 2.42. The summed E-state index contributed by atoms with van der Waals surface area (Å²) >= 11 is 0. The van der Waals surface area contributed by atoms with E-state index in [-0.39, 0.29) is 29.5 Å². The molecule has 1 amide bonds. The number of rotatable bonds is 12. The molecule has 9 nitrogen and oxygen atoms in total. The van der Waals surface area contributed by atoms with Crippen LogP contribution in [0.5, 0.6) is 11.5 Å². The summed E-state index contributed by atoms with van der Waals surface area (Å²) in [6.07, 6.45) is 0.405. The smallest absolute Gasteiger partial charge is 0.260 e. The van der Waals surface area contributed by atoms with Gasteiger partial charge in [0.15, 0.2) is 5.78 Å². The maximum atomic E-state index is 13.6. The van der Waals surface area contributed by atoms with Gasteiger partial charge in [0, 0.05) is 50.9 Å². The number of hydrogen-bond acceptors (Lipinski definition) is 8. The van der Waals surface area contributed by atoms with Crippen molar-refractivity contribution in [1.29, 1.82) is 0 Å². The topological polar surface area (TPSA) is 105 Å². The highest BCUT2D eigenvalue weighted by Gasteiger charge is 2.22. The molecule has 0 aliphatic carbocycles. The quantitative estimate of drug-likeness (QED) is 0.133. The average Bonchev–Trinajstić information content (AvgIpc) is 3.09. The van der Waals surface area contributed by atoms with Gasteiger partial charge in [-0.05, 0) is 49.0 Å². The summed E-state index contributed by atoms with van der Waals surface area (Å²) in [4.78, 5) is 44.5. The minimum atomic E-state index is -0.356. The van der Waals surface area contributed by atoms with Crippen LogP contribution in [0.3, 0.4) is 0 Å². The van der Waals surface area contributed by atoms with E-state index in [0.29, 0.717) is 47.0 Å². The number of amides is 1. The summed E-state index contributed by atoms with van der Waals surface area (Å²) in [7, 11) is 3.70. The third kappa shape index (κ3) is 7.64. The van der Waals surface area contributed by atoms with Crippen molar-refractivity contribution < 1.29 is 23.9 Å². The Kier molecular flexibility index (Phi) is 10.5. The first kappa shape index (κ1) is 32.0. The lowest BCUT2D eigenvalue weighted by atomic mass is 9.99. The molecule has 9 heteroatoms. The maximum Gasteiger partial charge on any atom is 0.260 e. The molecule has 236 valence electrons. The fourth-order valence-corrected chi connectivity index (χ4v) is 5.32. The molecule has 0 radical (unpaired) electrons. The summed E-state index contributed by atoms with van der Waals surface area (Å²) in [5.41, 5.74) is 9.66. The van der Waals surface area contributed by atoms with Crippen LogP contribution in [0.4, 0.5) is 11.4 Å². The number of ketones is 1. The third-order valence-electron chi connectivity index (χ3n) is 8.04. The minimum absolute atomic E-state index is 0.178. The van der Waals surface area contributed by atoms with E-state index in [2.05, 4.69) is 17.9 Å². The molecule has 0 spiro atoms. The first-order chi connectivity index (χ1) is 22.4. The van der Waals surface area contributed by atoms with Gasteiger partial charge >= 0.3 is 0 Å². The second kappa shape index (κ2) is 15.1. The number of carbonyl (C=O) groups excluding carboxylic acids is 3. The molecule has 5 rings (SSSR count). The van der Waals surface area contributed by atoms with Gasteiger partial charge in [-0.1, -0.05) is 60.7 Å². The second-order valence-corrected chi connectivity index (χ2v) is 11.2. The third-order valence-corrected chi connectivity index (χ3v) is 8.04. The van der Waals surface area contributed by atoms with Crippen molar-refractivity contribution >= 4 is 29.0 Å². The molecule has 4 aromatic rings. The zero-order valence-corrected chi connectivity index (χ0v) is 26.1.